The lowest BCUT2D eigenvalue weighted by Crippen LogP contribution is -1.94. The van der Waals surface area contributed by atoms with Gasteiger partial charge in [-0.25, -0.2) is 4.79 Å². The van der Waals surface area contributed by atoms with Crippen LogP contribution in [0.5, 0.6) is 0 Å². The Kier molecular flexibility index (Phi) is 2.23. The number of ether oxygens (including phenoxy) is 1. The van der Waals surface area contributed by atoms with E-state index in [4.69, 9.17) is 4.74 Å². The number of nitrogens with zero attached hydrogens (tertiary/aromatic N) is 1. The van der Waals surface area contributed by atoms with Gasteiger partial charge < -0.3 is 4.74 Å². The minimum absolute atomic E-state index is 0.00750. The molecular weight excluding hydrogens is 210 g/mol. The van der Waals surface area contributed by atoms with Crippen LogP contribution in [0.4, 0.5) is 0 Å². The van der Waals surface area contributed by atoms with Crippen molar-refractivity contribution in [3.8, 4) is 0 Å². The van der Waals surface area contributed by atoms with Crippen molar-refractivity contribution in [1.29, 1.82) is 0 Å². The summed E-state index contributed by atoms with van der Waals surface area (Å²) in [6, 6.07) is 3.42. The molecule has 5 nitrogen and oxygen atoms in total. The Hall–Kier alpha value is -2.17. The number of carbonyl (C=O) groups is 1. The van der Waals surface area contributed by atoms with Crippen LogP contribution < -0.4 is 0 Å². The molecule has 0 fully saturated rings. The van der Waals surface area contributed by atoms with Gasteiger partial charge in [0.25, 0.3) is 6.20 Å². The molecule has 0 N–H and O–H groups in total. The number of hydrogen-bond donors (Lipinski definition) is 0. The Morgan fingerprint density at radius 3 is 2.38 bits per heavy atom. The first-order valence-corrected chi connectivity index (χ1v) is 4.68. The molecule has 0 spiro atoms. The minimum Gasteiger partial charge on any atom is -0.416 e. The van der Waals surface area contributed by atoms with E-state index in [2.05, 4.69) is 0 Å². The van der Waals surface area contributed by atoms with Gasteiger partial charge in [0.1, 0.15) is 0 Å². The molecule has 1 aromatic rings. The number of cyclic esters (lactones) is 1. The topological polar surface area (TPSA) is 69.4 Å². The van der Waals surface area contributed by atoms with E-state index in [9.17, 15) is 14.9 Å². The maximum atomic E-state index is 11.4. The second-order valence-electron chi connectivity index (χ2n) is 3.65. The van der Waals surface area contributed by atoms with Crippen molar-refractivity contribution >= 4 is 11.7 Å². The molecule has 5 heteroatoms. The third kappa shape index (κ3) is 1.56. The quantitative estimate of drug-likeness (QED) is 0.411. The average Bonchev–Trinajstić information content (AvgIpc) is 2.44. The third-order valence-corrected chi connectivity index (χ3v) is 2.54. The van der Waals surface area contributed by atoms with Gasteiger partial charge in [0, 0.05) is 5.56 Å². The lowest BCUT2D eigenvalue weighted by molar-refractivity contribution is -0.402. The van der Waals surface area contributed by atoms with E-state index in [0.29, 0.717) is 17.3 Å². The molecule has 0 aromatic heterocycles. The summed E-state index contributed by atoms with van der Waals surface area (Å²) < 4.78 is 4.83. The van der Waals surface area contributed by atoms with Gasteiger partial charge in [0.15, 0.2) is 0 Å². The highest BCUT2D eigenvalue weighted by molar-refractivity contribution is 6.03. The van der Waals surface area contributed by atoms with Crippen LogP contribution in [0.25, 0.3) is 5.76 Å². The summed E-state index contributed by atoms with van der Waals surface area (Å²) in [4.78, 5) is 21.2. The van der Waals surface area contributed by atoms with Crippen LogP contribution in [-0.4, -0.2) is 10.9 Å². The van der Waals surface area contributed by atoms with E-state index in [-0.39, 0.29) is 5.76 Å². The van der Waals surface area contributed by atoms with Crippen LogP contribution in [0.3, 0.4) is 0 Å². The molecule has 16 heavy (non-hydrogen) atoms. The van der Waals surface area contributed by atoms with Gasteiger partial charge in [-0.3, -0.25) is 10.1 Å². The maximum absolute atomic E-state index is 11.4. The van der Waals surface area contributed by atoms with Gasteiger partial charge in [0.2, 0.25) is 5.76 Å². The summed E-state index contributed by atoms with van der Waals surface area (Å²) in [7, 11) is 0. The molecule has 1 aliphatic rings. The Bertz CT molecular complexity index is 531. The number of nitro groups is 1. The Morgan fingerprint density at radius 2 is 1.81 bits per heavy atom. The second-order valence-corrected chi connectivity index (χ2v) is 3.65. The molecule has 0 radical (unpaired) electrons. The van der Waals surface area contributed by atoms with Crippen LogP contribution in [-0.2, 0) is 4.74 Å². The predicted octanol–water partition coefficient (Wildman–Crippen LogP) is 2.05. The number of hydrogen-bond acceptors (Lipinski definition) is 4. The molecule has 0 saturated carbocycles. The summed E-state index contributed by atoms with van der Waals surface area (Å²) >= 11 is 0. The molecule has 0 saturated heterocycles. The average molecular weight is 219 g/mol. The van der Waals surface area contributed by atoms with Crippen LogP contribution in [0, 0.1) is 24.0 Å². The van der Waals surface area contributed by atoms with Gasteiger partial charge in [-0.15, -0.1) is 0 Å². The molecule has 2 rings (SSSR count). The fourth-order valence-electron chi connectivity index (χ4n) is 1.59. The van der Waals surface area contributed by atoms with Crippen LogP contribution in [0.2, 0.25) is 0 Å². The third-order valence-electron chi connectivity index (χ3n) is 2.54. The predicted molar refractivity (Wildman–Crippen MR) is 56.3 cm³/mol. The van der Waals surface area contributed by atoms with Gasteiger partial charge in [-0.2, -0.15) is 0 Å². The highest BCUT2D eigenvalue weighted by Crippen LogP contribution is 2.31. The first-order valence-electron chi connectivity index (χ1n) is 4.68. The molecule has 1 aromatic carbocycles. The van der Waals surface area contributed by atoms with E-state index in [1.165, 1.54) is 0 Å². The molecule has 0 bridgehead atoms. The van der Waals surface area contributed by atoms with E-state index in [1.807, 2.05) is 13.8 Å². The maximum Gasteiger partial charge on any atom is 0.344 e. The largest absolute Gasteiger partial charge is 0.416 e. The molecule has 0 aliphatic carbocycles. The Morgan fingerprint density at radius 1 is 1.25 bits per heavy atom. The number of benzene rings is 1. The van der Waals surface area contributed by atoms with Crippen molar-refractivity contribution in [3.63, 3.8) is 0 Å². The van der Waals surface area contributed by atoms with Crippen molar-refractivity contribution in [2.24, 2.45) is 0 Å². The molecule has 1 heterocycles. The van der Waals surface area contributed by atoms with Gasteiger partial charge in [-0.1, -0.05) is 0 Å². The summed E-state index contributed by atoms with van der Waals surface area (Å²) in [5, 5.41) is 10.4. The van der Waals surface area contributed by atoms with Crippen LogP contribution in [0.1, 0.15) is 27.0 Å². The number of carbonyl (C=O) groups excluding carboxylic acids is 1. The van der Waals surface area contributed by atoms with Crippen molar-refractivity contribution in [2.45, 2.75) is 13.8 Å². The van der Waals surface area contributed by atoms with Gasteiger partial charge in [-0.05, 0) is 37.1 Å². The monoisotopic (exact) mass is 219 g/mol. The number of rotatable bonds is 1. The van der Waals surface area contributed by atoms with Crippen LogP contribution >= 0.6 is 0 Å². The standard InChI is InChI=1S/C11H9NO4/c1-6-3-8-9(4-7(6)2)11(13)16-10(8)5-12(14)15/h3-5H,1-2H3. The van der Waals surface area contributed by atoms with Crippen molar-refractivity contribution < 1.29 is 14.5 Å². The van der Waals surface area contributed by atoms with Crippen molar-refractivity contribution in [1.82, 2.24) is 0 Å². The molecule has 0 amide bonds. The number of esters is 1. The van der Waals surface area contributed by atoms with E-state index in [1.54, 1.807) is 12.1 Å². The fraction of sp³-hybridized carbons (Fsp3) is 0.182. The summed E-state index contributed by atoms with van der Waals surface area (Å²) in [5.74, 6) is -0.528. The second kappa shape index (κ2) is 3.44. The van der Waals surface area contributed by atoms with E-state index in [0.717, 1.165) is 11.1 Å². The molecular formula is C11H9NO4. The Labute approximate surface area is 91.5 Å². The fourth-order valence-corrected chi connectivity index (χ4v) is 1.59. The first kappa shape index (κ1) is 10.4. The first-order chi connectivity index (χ1) is 7.49. The lowest BCUT2D eigenvalue weighted by atomic mass is 10.0. The molecule has 82 valence electrons. The lowest BCUT2D eigenvalue weighted by Gasteiger charge is -2.01. The summed E-state index contributed by atoms with van der Waals surface area (Å²) in [6.07, 6.45) is 0.707. The number of aryl methyl sites for hydroxylation is 2. The zero-order chi connectivity index (χ0) is 11.9. The van der Waals surface area contributed by atoms with Gasteiger partial charge >= 0.3 is 5.97 Å². The van der Waals surface area contributed by atoms with E-state index >= 15 is 0 Å². The smallest absolute Gasteiger partial charge is 0.344 e. The van der Waals surface area contributed by atoms with E-state index < -0.39 is 10.9 Å². The van der Waals surface area contributed by atoms with Crippen molar-refractivity contribution in [2.75, 3.05) is 0 Å². The normalized spacial score (nSPS) is 16.1. The highest BCUT2D eigenvalue weighted by Gasteiger charge is 2.29. The SMILES string of the molecule is Cc1cc2c(cc1C)C(=C[N+](=O)[O-])OC2=O. The highest BCUT2D eigenvalue weighted by atomic mass is 16.6. The van der Waals surface area contributed by atoms with Gasteiger partial charge in [0.05, 0.1) is 10.5 Å². The molecule has 0 atom stereocenters. The van der Waals surface area contributed by atoms with Crippen molar-refractivity contribution in [3.05, 3.63) is 50.7 Å². The molecule has 0 unspecified atom stereocenters. The molecule has 1 aliphatic heterocycles. The minimum atomic E-state index is -0.632. The zero-order valence-electron chi connectivity index (χ0n) is 8.81. The Balaban J connectivity index is 2.62. The summed E-state index contributed by atoms with van der Waals surface area (Å²) in [6.45, 7) is 3.75. The van der Waals surface area contributed by atoms with Crippen LogP contribution in [0.15, 0.2) is 18.3 Å². The zero-order valence-corrected chi connectivity index (χ0v) is 8.81. The number of fused-ring (bicyclic) bond motifs is 1. The summed E-state index contributed by atoms with van der Waals surface area (Å²) in [5.41, 5.74) is 2.80.